The number of primary amides is 1. The van der Waals surface area contributed by atoms with E-state index in [0.29, 0.717) is 17.8 Å². The molecule has 0 aliphatic carbocycles. The largest absolute Gasteiger partial charge is 0.389 e. The van der Waals surface area contributed by atoms with Gasteiger partial charge in [-0.25, -0.2) is 0 Å². The molecule has 0 bridgehead atoms. The zero-order valence-corrected chi connectivity index (χ0v) is 12.1. The van der Waals surface area contributed by atoms with Crippen LogP contribution in [0.3, 0.4) is 0 Å². The van der Waals surface area contributed by atoms with Crippen LogP contribution in [0.4, 0.5) is 5.69 Å². The Morgan fingerprint density at radius 2 is 1.90 bits per heavy atom. The van der Waals surface area contributed by atoms with E-state index in [1.165, 1.54) is 0 Å². The van der Waals surface area contributed by atoms with Gasteiger partial charge in [-0.05, 0) is 18.7 Å². The van der Waals surface area contributed by atoms with Gasteiger partial charge in [0.2, 0.25) is 11.8 Å². The highest BCUT2D eigenvalue weighted by Crippen LogP contribution is 2.14. The van der Waals surface area contributed by atoms with E-state index in [4.69, 9.17) is 23.7 Å². The highest BCUT2D eigenvalue weighted by atomic mass is 32.1. The Labute approximate surface area is 123 Å². The molecule has 108 valence electrons. The molecular formula is C13H18N4O2S. The molecule has 0 spiro atoms. The molecule has 0 radical (unpaired) electrons. The predicted octanol–water partition coefficient (Wildman–Crippen LogP) is 0.0665. The van der Waals surface area contributed by atoms with E-state index in [1.54, 1.807) is 29.2 Å². The molecule has 0 saturated carbocycles. The standard InChI is InChI=1S/C13H18N4O2S/c1-2-17(7-11(14)18)8-12(19)16-10-6-4-3-5-9(10)13(15)20/h3-6H,2,7-8H2,1H3,(H2,14,18)(H2,15,20)(H,16,19). The van der Waals surface area contributed by atoms with Crippen molar-refractivity contribution in [2.45, 2.75) is 6.92 Å². The SMILES string of the molecule is CCN(CC(N)=O)CC(=O)Nc1ccccc1C(N)=S. The minimum Gasteiger partial charge on any atom is -0.389 e. The summed E-state index contributed by atoms with van der Waals surface area (Å²) in [5.41, 5.74) is 11.9. The van der Waals surface area contributed by atoms with Gasteiger partial charge in [0, 0.05) is 5.56 Å². The maximum Gasteiger partial charge on any atom is 0.238 e. The zero-order valence-electron chi connectivity index (χ0n) is 11.3. The second kappa shape index (κ2) is 7.56. The number of hydrogen-bond acceptors (Lipinski definition) is 4. The van der Waals surface area contributed by atoms with Gasteiger partial charge in [0.15, 0.2) is 0 Å². The van der Waals surface area contributed by atoms with E-state index in [2.05, 4.69) is 5.32 Å². The van der Waals surface area contributed by atoms with Gasteiger partial charge >= 0.3 is 0 Å². The minimum absolute atomic E-state index is 0.0425. The number of nitrogens with one attached hydrogen (secondary N) is 1. The van der Waals surface area contributed by atoms with Gasteiger partial charge < -0.3 is 16.8 Å². The Bertz CT molecular complexity index is 519. The van der Waals surface area contributed by atoms with Crippen molar-refractivity contribution in [3.8, 4) is 0 Å². The molecule has 0 heterocycles. The van der Waals surface area contributed by atoms with Crippen molar-refractivity contribution in [2.75, 3.05) is 25.0 Å². The molecule has 0 aromatic heterocycles. The molecule has 1 aromatic rings. The number of hydrogen-bond donors (Lipinski definition) is 3. The number of anilines is 1. The van der Waals surface area contributed by atoms with Crippen molar-refractivity contribution < 1.29 is 9.59 Å². The summed E-state index contributed by atoms with van der Waals surface area (Å²) in [6.07, 6.45) is 0. The Hall–Kier alpha value is -1.99. The first kappa shape index (κ1) is 16.1. The van der Waals surface area contributed by atoms with Crippen molar-refractivity contribution in [2.24, 2.45) is 11.5 Å². The fourth-order valence-electron chi connectivity index (χ4n) is 1.70. The third-order valence-corrected chi connectivity index (χ3v) is 2.88. The molecule has 0 atom stereocenters. The minimum atomic E-state index is -0.469. The lowest BCUT2D eigenvalue weighted by Gasteiger charge is -2.18. The van der Waals surface area contributed by atoms with Gasteiger partial charge in [-0.1, -0.05) is 31.3 Å². The van der Waals surface area contributed by atoms with Crippen LogP contribution in [0.15, 0.2) is 24.3 Å². The molecule has 5 N–H and O–H groups in total. The number of thiocarbonyl (C=S) groups is 1. The molecule has 0 aliphatic rings. The van der Waals surface area contributed by atoms with Crippen LogP contribution < -0.4 is 16.8 Å². The fourth-order valence-corrected chi connectivity index (χ4v) is 1.88. The van der Waals surface area contributed by atoms with Crippen LogP contribution in [0, 0.1) is 0 Å². The number of likely N-dealkylation sites (N-methyl/N-ethyl adjacent to an activating group) is 1. The zero-order chi connectivity index (χ0) is 15.1. The normalized spacial score (nSPS) is 10.3. The van der Waals surface area contributed by atoms with E-state index in [1.807, 2.05) is 6.92 Å². The molecule has 0 fully saturated rings. The Morgan fingerprint density at radius 3 is 2.45 bits per heavy atom. The van der Waals surface area contributed by atoms with Crippen LogP contribution in [-0.2, 0) is 9.59 Å². The first-order valence-electron chi connectivity index (χ1n) is 6.13. The van der Waals surface area contributed by atoms with Gasteiger partial charge in [0.1, 0.15) is 4.99 Å². The summed E-state index contributed by atoms with van der Waals surface area (Å²) < 4.78 is 0. The fraction of sp³-hybridized carbons (Fsp3) is 0.308. The summed E-state index contributed by atoms with van der Waals surface area (Å²) in [4.78, 5) is 24.7. The summed E-state index contributed by atoms with van der Waals surface area (Å²) >= 11 is 4.92. The molecule has 20 heavy (non-hydrogen) atoms. The molecule has 0 aliphatic heterocycles. The smallest absolute Gasteiger partial charge is 0.238 e. The monoisotopic (exact) mass is 294 g/mol. The lowest BCUT2D eigenvalue weighted by Crippen LogP contribution is -2.39. The number of carbonyl (C=O) groups is 2. The highest BCUT2D eigenvalue weighted by Gasteiger charge is 2.13. The van der Waals surface area contributed by atoms with E-state index in [-0.39, 0.29) is 24.0 Å². The second-order valence-corrected chi connectivity index (χ2v) is 4.67. The summed E-state index contributed by atoms with van der Waals surface area (Å²) in [6.45, 7) is 2.51. The molecule has 0 unspecified atom stereocenters. The Balaban J connectivity index is 2.71. The molecule has 2 amide bonds. The Kier molecular flexibility index (Phi) is 6.08. The van der Waals surface area contributed by atoms with Gasteiger partial charge in [-0.3, -0.25) is 14.5 Å². The van der Waals surface area contributed by atoms with Crippen LogP contribution in [0.1, 0.15) is 12.5 Å². The predicted molar refractivity (Wildman–Crippen MR) is 82.3 cm³/mol. The van der Waals surface area contributed by atoms with Gasteiger partial charge in [0.05, 0.1) is 18.8 Å². The summed E-state index contributed by atoms with van der Waals surface area (Å²) in [6, 6.07) is 7.02. The van der Waals surface area contributed by atoms with Gasteiger partial charge in [-0.15, -0.1) is 0 Å². The van der Waals surface area contributed by atoms with Crippen molar-refractivity contribution in [1.82, 2.24) is 4.90 Å². The van der Waals surface area contributed by atoms with E-state index >= 15 is 0 Å². The number of amides is 2. The van der Waals surface area contributed by atoms with Crippen LogP contribution in [0.5, 0.6) is 0 Å². The maximum atomic E-state index is 11.9. The quantitative estimate of drug-likeness (QED) is 0.618. The van der Waals surface area contributed by atoms with Crippen LogP contribution in [-0.4, -0.2) is 41.3 Å². The average Bonchev–Trinajstić information content (AvgIpc) is 2.37. The lowest BCUT2D eigenvalue weighted by atomic mass is 10.2. The van der Waals surface area contributed by atoms with Crippen molar-refractivity contribution in [3.05, 3.63) is 29.8 Å². The van der Waals surface area contributed by atoms with E-state index in [9.17, 15) is 9.59 Å². The van der Waals surface area contributed by atoms with Gasteiger partial charge in [-0.2, -0.15) is 0 Å². The number of carbonyl (C=O) groups excluding carboxylic acids is 2. The molecule has 7 heteroatoms. The summed E-state index contributed by atoms with van der Waals surface area (Å²) in [5, 5.41) is 2.73. The average molecular weight is 294 g/mol. The molecule has 0 saturated heterocycles. The van der Waals surface area contributed by atoms with E-state index < -0.39 is 5.91 Å². The molecule has 6 nitrogen and oxygen atoms in total. The first-order chi connectivity index (χ1) is 9.43. The summed E-state index contributed by atoms with van der Waals surface area (Å²) in [5.74, 6) is -0.722. The number of rotatable bonds is 7. The number of nitrogens with zero attached hydrogens (tertiary/aromatic N) is 1. The lowest BCUT2D eigenvalue weighted by molar-refractivity contribution is -0.121. The topological polar surface area (TPSA) is 101 Å². The van der Waals surface area contributed by atoms with Crippen molar-refractivity contribution >= 4 is 34.7 Å². The van der Waals surface area contributed by atoms with Crippen molar-refractivity contribution in [3.63, 3.8) is 0 Å². The maximum absolute atomic E-state index is 11.9. The van der Waals surface area contributed by atoms with Crippen LogP contribution in [0.2, 0.25) is 0 Å². The van der Waals surface area contributed by atoms with Crippen molar-refractivity contribution in [1.29, 1.82) is 0 Å². The Morgan fingerprint density at radius 1 is 1.25 bits per heavy atom. The van der Waals surface area contributed by atoms with E-state index in [0.717, 1.165) is 0 Å². The molecular weight excluding hydrogens is 276 g/mol. The number of nitrogens with two attached hydrogens (primary N) is 2. The van der Waals surface area contributed by atoms with Crippen LogP contribution in [0.25, 0.3) is 0 Å². The number of para-hydroxylation sites is 1. The second-order valence-electron chi connectivity index (χ2n) is 4.23. The van der Waals surface area contributed by atoms with Crippen LogP contribution >= 0.6 is 12.2 Å². The highest BCUT2D eigenvalue weighted by molar-refractivity contribution is 7.80. The van der Waals surface area contributed by atoms with Gasteiger partial charge in [0.25, 0.3) is 0 Å². The molecule has 1 rings (SSSR count). The number of benzene rings is 1. The third kappa shape index (κ3) is 4.94. The summed E-state index contributed by atoms with van der Waals surface area (Å²) in [7, 11) is 0. The molecule has 1 aromatic carbocycles. The third-order valence-electron chi connectivity index (χ3n) is 2.66. The first-order valence-corrected chi connectivity index (χ1v) is 6.54.